The lowest BCUT2D eigenvalue weighted by Crippen LogP contribution is -2.38. The molecule has 2 aromatic carbocycles. The molecule has 1 aliphatic rings. The maximum atomic E-state index is 9.53. The zero-order valence-electron chi connectivity index (χ0n) is 16.7. The summed E-state index contributed by atoms with van der Waals surface area (Å²) in [7, 11) is 0. The van der Waals surface area contributed by atoms with Gasteiger partial charge in [0.05, 0.1) is 17.3 Å². The van der Waals surface area contributed by atoms with Crippen molar-refractivity contribution in [1.29, 1.82) is 5.26 Å². The van der Waals surface area contributed by atoms with Crippen molar-refractivity contribution in [3.63, 3.8) is 0 Å². The van der Waals surface area contributed by atoms with E-state index in [2.05, 4.69) is 31.7 Å². The normalized spacial score (nSPS) is 18.0. The average molecular weight is 394 g/mol. The Bertz CT molecular complexity index is 884. The van der Waals surface area contributed by atoms with E-state index in [9.17, 15) is 5.11 Å². The van der Waals surface area contributed by atoms with E-state index in [1.165, 1.54) is 5.56 Å². The number of thioether (sulfide) groups is 1. The molecule has 0 aliphatic carbocycles. The molecule has 1 atom stereocenters. The predicted molar refractivity (Wildman–Crippen MR) is 117 cm³/mol. The first kappa shape index (κ1) is 20.3. The number of hydrogen-bond donors (Lipinski definition) is 1. The molecule has 1 aliphatic heterocycles. The molecule has 28 heavy (non-hydrogen) atoms. The van der Waals surface area contributed by atoms with Crippen molar-refractivity contribution in [2.45, 2.75) is 39.7 Å². The Hall–Kier alpha value is -2.45. The third kappa shape index (κ3) is 4.88. The van der Waals surface area contributed by atoms with Crippen LogP contribution in [0.15, 0.2) is 47.5 Å². The second kappa shape index (κ2) is 9.16. The van der Waals surface area contributed by atoms with Crippen molar-refractivity contribution in [1.82, 2.24) is 4.90 Å². The number of rotatable bonds is 6. The molecule has 1 N–H and O–H groups in total. The highest BCUT2D eigenvalue weighted by Crippen LogP contribution is 2.31. The van der Waals surface area contributed by atoms with Gasteiger partial charge in [-0.1, -0.05) is 44.7 Å². The minimum Gasteiger partial charge on any atom is -0.508 e. The fraction of sp³-hybridized carbons (Fsp3) is 0.391. The molecule has 2 aromatic rings. The molecular weight excluding hydrogens is 366 g/mol. The first-order valence-corrected chi connectivity index (χ1v) is 10.8. The second-order valence-electron chi connectivity index (χ2n) is 7.58. The van der Waals surface area contributed by atoms with E-state index < -0.39 is 0 Å². The fourth-order valence-corrected chi connectivity index (χ4v) is 4.63. The molecule has 0 saturated carbocycles. The topological polar surface area (TPSA) is 59.6 Å². The zero-order chi connectivity index (χ0) is 20.1. The van der Waals surface area contributed by atoms with E-state index in [1.54, 1.807) is 12.1 Å². The SMILES string of the molecule is CCc1cc(C#N)ccc1N=C1SCC(Cc2ccc(O)cc2)N1CC(C)C. The number of phenolic OH excluding ortho intramolecular Hbond substituents is 1. The number of benzene rings is 2. The van der Waals surface area contributed by atoms with Crippen molar-refractivity contribution < 1.29 is 5.11 Å². The van der Waals surface area contributed by atoms with Crippen LogP contribution in [0, 0.1) is 17.2 Å². The standard InChI is InChI=1S/C23H27N3OS/c1-4-19-11-18(13-24)7-10-22(19)25-23-26(14-16(2)3)20(15-28-23)12-17-5-8-21(27)9-6-17/h5-11,16,20,27H,4,12,14-15H2,1-3H3. The van der Waals surface area contributed by atoms with E-state index in [0.717, 1.165) is 41.6 Å². The van der Waals surface area contributed by atoms with E-state index >= 15 is 0 Å². The highest BCUT2D eigenvalue weighted by atomic mass is 32.2. The number of aliphatic imine (C=N–C) groups is 1. The summed E-state index contributed by atoms with van der Waals surface area (Å²) >= 11 is 1.81. The molecule has 0 aromatic heterocycles. The molecule has 4 nitrogen and oxygen atoms in total. The molecule has 0 amide bonds. The van der Waals surface area contributed by atoms with E-state index in [0.29, 0.717) is 23.3 Å². The number of nitriles is 1. The van der Waals surface area contributed by atoms with Gasteiger partial charge in [0.2, 0.25) is 0 Å². The molecule has 1 unspecified atom stereocenters. The third-order valence-corrected chi connectivity index (χ3v) is 6.00. The van der Waals surface area contributed by atoms with Gasteiger partial charge in [0.1, 0.15) is 5.75 Å². The number of phenols is 1. The van der Waals surface area contributed by atoms with Gasteiger partial charge in [-0.15, -0.1) is 0 Å². The lowest BCUT2D eigenvalue weighted by Gasteiger charge is -2.28. The summed E-state index contributed by atoms with van der Waals surface area (Å²) in [6.07, 6.45) is 1.79. The van der Waals surface area contributed by atoms with E-state index in [1.807, 2.05) is 42.1 Å². The molecule has 146 valence electrons. The van der Waals surface area contributed by atoms with Gasteiger partial charge in [-0.2, -0.15) is 5.26 Å². The average Bonchev–Trinajstić information content (AvgIpc) is 3.04. The number of amidine groups is 1. The predicted octanol–water partition coefficient (Wildman–Crippen LogP) is 5.13. The zero-order valence-corrected chi connectivity index (χ0v) is 17.5. The maximum Gasteiger partial charge on any atom is 0.164 e. The highest BCUT2D eigenvalue weighted by molar-refractivity contribution is 8.14. The molecule has 1 fully saturated rings. The molecule has 1 saturated heterocycles. The Labute approximate surface area is 171 Å². The van der Waals surface area contributed by atoms with Crippen LogP contribution in [0.4, 0.5) is 5.69 Å². The summed E-state index contributed by atoms with van der Waals surface area (Å²) in [5.74, 6) is 1.85. The number of nitrogens with zero attached hydrogens (tertiary/aromatic N) is 3. The summed E-state index contributed by atoms with van der Waals surface area (Å²) in [4.78, 5) is 7.43. The van der Waals surface area contributed by atoms with Crippen LogP contribution < -0.4 is 0 Å². The van der Waals surface area contributed by atoms with Gasteiger partial charge >= 0.3 is 0 Å². The van der Waals surface area contributed by atoms with Gasteiger partial charge in [0.15, 0.2) is 5.17 Å². The van der Waals surface area contributed by atoms with Crippen LogP contribution in [0.2, 0.25) is 0 Å². The van der Waals surface area contributed by atoms with Crippen LogP contribution in [0.3, 0.4) is 0 Å². The minimum atomic E-state index is 0.304. The first-order chi connectivity index (χ1) is 13.5. The van der Waals surface area contributed by atoms with Gasteiger partial charge in [0, 0.05) is 18.3 Å². The number of hydrogen-bond acceptors (Lipinski definition) is 4. The number of aryl methyl sites for hydroxylation is 1. The van der Waals surface area contributed by atoms with Gasteiger partial charge in [-0.05, 0) is 60.2 Å². The van der Waals surface area contributed by atoms with Crippen LogP contribution in [-0.4, -0.2) is 33.5 Å². The minimum absolute atomic E-state index is 0.304. The summed E-state index contributed by atoms with van der Waals surface area (Å²) in [5, 5.41) is 19.7. The Balaban J connectivity index is 1.87. The molecule has 3 rings (SSSR count). The van der Waals surface area contributed by atoms with Crippen molar-refractivity contribution in [3.8, 4) is 11.8 Å². The molecular formula is C23H27N3OS. The highest BCUT2D eigenvalue weighted by Gasteiger charge is 2.30. The Morgan fingerprint density at radius 3 is 2.64 bits per heavy atom. The first-order valence-electron chi connectivity index (χ1n) is 9.79. The second-order valence-corrected chi connectivity index (χ2v) is 8.57. The van der Waals surface area contributed by atoms with Gasteiger partial charge in [-0.3, -0.25) is 0 Å². The fourth-order valence-electron chi connectivity index (χ4n) is 3.44. The van der Waals surface area contributed by atoms with Crippen molar-refractivity contribution in [2.24, 2.45) is 10.9 Å². The van der Waals surface area contributed by atoms with Crippen LogP contribution in [0.5, 0.6) is 5.75 Å². The summed E-state index contributed by atoms with van der Waals surface area (Å²) in [5.41, 5.74) is 3.98. The Morgan fingerprint density at radius 1 is 1.25 bits per heavy atom. The third-order valence-electron chi connectivity index (χ3n) is 4.87. The smallest absolute Gasteiger partial charge is 0.164 e. The molecule has 1 heterocycles. The molecule has 0 spiro atoms. The maximum absolute atomic E-state index is 9.53. The van der Waals surface area contributed by atoms with Crippen molar-refractivity contribution >= 4 is 22.6 Å². The van der Waals surface area contributed by atoms with E-state index in [-0.39, 0.29) is 0 Å². The van der Waals surface area contributed by atoms with Crippen LogP contribution in [0.25, 0.3) is 0 Å². The molecule has 0 bridgehead atoms. The number of aromatic hydroxyl groups is 1. The Kier molecular flexibility index (Phi) is 6.64. The molecule has 5 heteroatoms. The van der Waals surface area contributed by atoms with Gasteiger partial charge in [-0.25, -0.2) is 4.99 Å². The summed E-state index contributed by atoms with van der Waals surface area (Å²) in [6.45, 7) is 7.53. The quantitative estimate of drug-likeness (QED) is 0.739. The van der Waals surface area contributed by atoms with Crippen molar-refractivity contribution in [3.05, 3.63) is 59.2 Å². The monoisotopic (exact) mass is 393 g/mol. The van der Waals surface area contributed by atoms with Crippen LogP contribution in [0.1, 0.15) is 37.5 Å². The lowest BCUT2D eigenvalue weighted by atomic mass is 10.0. The molecule has 0 radical (unpaired) electrons. The summed E-state index contributed by atoms with van der Waals surface area (Å²) < 4.78 is 0. The van der Waals surface area contributed by atoms with Crippen LogP contribution in [-0.2, 0) is 12.8 Å². The van der Waals surface area contributed by atoms with Gasteiger partial charge in [0.25, 0.3) is 0 Å². The van der Waals surface area contributed by atoms with Gasteiger partial charge < -0.3 is 10.0 Å². The van der Waals surface area contributed by atoms with E-state index in [4.69, 9.17) is 10.3 Å². The Morgan fingerprint density at radius 2 is 2.00 bits per heavy atom. The van der Waals surface area contributed by atoms with Crippen LogP contribution >= 0.6 is 11.8 Å². The largest absolute Gasteiger partial charge is 0.508 e. The van der Waals surface area contributed by atoms with Crippen molar-refractivity contribution in [2.75, 3.05) is 12.3 Å². The summed E-state index contributed by atoms with van der Waals surface area (Å²) in [6, 6.07) is 15.9. The lowest BCUT2D eigenvalue weighted by molar-refractivity contribution is 0.311.